The standard InChI is InChI=1S/C16H24FN3.HI/c1-16(2,13-7-4-8-14(17)9-13)11-20-15(18)19-10-12-5-3-6-12;/h4,7-9,12H,3,5-6,10-11H2,1-2H3,(H3,18,19,20);1H. The Morgan fingerprint density at radius 2 is 2.14 bits per heavy atom. The minimum absolute atomic E-state index is 0. The van der Waals surface area contributed by atoms with E-state index in [9.17, 15) is 4.39 Å². The molecule has 0 radical (unpaired) electrons. The summed E-state index contributed by atoms with van der Waals surface area (Å²) in [7, 11) is 0. The zero-order valence-electron chi connectivity index (χ0n) is 12.7. The monoisotopic (exact) mass is 405 g/mol. The zero-order valence-corrected chi connectivity index (χ0v) is 15.1. The molecule has 0 aromatic heterocycles. The van der Waals surface area contributed by atoms with Crippen LogP contribution in [0, 0.1) is 11.7 Å². The lowest BCUT2D eigenvalue weighted by molar-refractivity contribution is 0.315. The highest BCUT2D eigenvalue weighted by atomic mass is 127. The SMILES string of the molecule is CC(C)(CN=C(N)NCC1CCC1)c1cccc(F)c1.I. The number of nitrogens with one attached hydrogen (secondary N) is 1. The molecule has 2 rings (SSSR count). The number of rotatable bonds is 5. The maximum Gasteiger partial charge on any atom is 0.188 e. The molecule has 0 heterocycles. The number of nitrogens with two attached hydrogens (primary N) is 1. The van der Waals surface area contributed by atoms with Crippen LogP contribution in [-0.2, 0) is 5.41 Å². The van der Waals surface area contributed by atoms with E-state index < -0.39 is 0 Å². The molecular weight excluding hydrogens is 380 g/mol. The van der Waals surface area contributed by atoms with Crippen molar-refractivity contribution in [2.75, 3.05) is 13.1 Å². The van der Waals surface area contributed by atoms with E-state index in [0.29, 0.717) is 12.5 Å². The number of benzene rings is 1. The third-order valence-electron chi connectivity index (χ3n) is 4.05. The van der Waals surface area contributed by atoms with Crippen LogP contribution in [0.2, 0.25) is 0 Å². The molecule has 3 N–H and O–H groups in total. The highest BCUT2D eigenvalue weighted by Gasteiger charge is 2.21. The van der Waals surface area contributed by atoms with Gasteiger partial charge in [-0.2, -0.15) is 0 Å². The van der Waals surface area contributed by atoms with Crippen LogP contribution in [0.25, 0.3) is 0 Å². The maximum atomic E-state index is 13.3. The van der Waals surface area contributed by atoms with E-state index in [1.807, 2.05) is 19.9 Å². The van der Waals surface area contributed by atoms with Crippen molar-refractivity contribution < 1.29 is 4.39 Å². The Bertz CT molecular complexity index is 484. The Balaban J connectivity index is 0.00000220. The Kier molecular flexibility index (Phi) is 6.90. The van der Waals surface area contributed by atoms with Gasteiger partial charge in [-0.25, -0.2) is 4.39 Å². The lowest BCUT2D eigenvalue weighted by atomic mass is 9.85. The van der Waals surface area contributed by atoms with Gasteiger partial charge in [-0.1, -0.05) is 32.4 Å². The molecule has 0 bridgehead atoms. The van der Waals surface area contributed by atoms with Crippen molar-refractivity contribution in [3.8, 4) is 0 Å². The molecule has 0 spiro atoms. The summed E-state index contributed by atoms with van der Waals surface area (Å²) in [4.78, 5) is 4.39. The maximum absolute atomic E-state index is 13.3. The fourth-order valence-electron chi connectivity index (χ4n) is 2.29. The summed E-state index contributed by atoms with van der Waals surface area (Å²) in [6.07, 6.45) is 3.90. The molecule has 1 aromatic carbocycles. The number of hydrogen-bond acceptors (Lipinski definition) is 1. The van der Waals surface area contributed by atoms with Crippen LogP contribution in [0.3, 0.4) is 0 Å². The van der Waals surface area contributed by atoms with Crippen molar-refractivity contribution in [3.05, 3.63) is 35.6 Å². The number of nitrogens with zero attached hydrogens (tertiary/aromatic N) is 1. The van der Waals surface area contributed by atoms with Crippen LogP contribution >= 0.6 is 24.0 Å². The van der Waals surface area contributed by atoms with Gasteiger partial charge in [0, 0.05) is 12.0 Å². The van der Waals surface area contributed by atoms with Crippen LogP contribution in [0.4, 0.5) is 4.39 Å². The quantitative estimate of drug-likeness (QED) is 0.448. The van der Waals surface area contributed by atoms with E-state index in [4.69, 9.17) is 5.73 Å². The van der Waals surface area contributed by atoms with Crippen molar-refractivity contribution >= 4 is 29.9 Å². The number of hydrogen-bond donors (Lipinski definition) is 2. The first-order chi connectivity index (χ1) is 9.47. The molecule has 1 aromatic rings. The summed E-state index contributed by atoms with van der Waals surface area (Å²) < 4.78 is 13.3. The molecule has 3 nitrogen and oxygen atoms in total. The molecule has 0 atom stereocenters. The van der Waals surface area contributed by atoms with Crippen molar-refractivity contribution in [1.29, 1.82) is 0 Å². The fourth-order valence-corrected chi connectivity index (χ4v) is 2.29. The van der Waals surface area contributed by atoms with Crippen molar-refractivity contribution in [2.45, 2.75) is 38.5 Å². The van der Waals surface area contributed by atoms with Gasteiger partial charge in [-0.05, 0) is 36.5 Å². The molecule has 1 aliphatic carbocycles. The van der Waals surface area contributed by atoms with E-state index in [2.05, 4.69) is 10.3 Å². The Morgan fingerprint density at radius 1 is 1.43 bits per heavy atom. The minimum Gasteiger partial charge on any atom is -0.370 e. The smallest absolute Gasteiger partial charge is 0.188 e. The number of halogens is 2. The number of aliphatic imine (C=N–C) groups is 1. The molecule has 1 fully saturated rings. The molecule has 0 amide bonds. The fraction of sp³-hybridized carbons (Fsp3) is 0.562. The normalized spacial score (nSPS) is 16.0. The molecule has 118 valence electrons. The third-order valence-corrected chi connectivity index (χ3v) is 4.05. The molecule has 0 aliphatic heterocycles. The van der Waals surface area contributed by atoms with E-state index >= 15 is 0 Å². The second-order valence-corrected chi connectivity index (χ2v) is 6.27. The van der Waals surface area contributed by atoms with Crippen LogP contribution in [-0.4, -0.2) is 19.0 Å². The average Bonchev–Trinajstić information content (AvgIpc) is 2.35. The average molecular weight is 405 g/mol. The molecule has 5 heteroatoms. The first-order valence-corrected chi connectivity index (χ1v) is 7.27. The Morgan fingerprint density at radius 3 is 2.71 bits per heavy atom. The van der Waals surface area contributed by atoms with Gasteiger partial charge in [-0.15, -0.1) is 24.0 Å². The van der Waals surface area contributed by atoms with Crippen molar-refractivity contribution in [2.24, 2.45) is 16.6 Å². The summed E-state index contributed by atoms with van der Waals surface area (Å²) >= 11 is 0. The summed E-state index contributed by atoms with van der Waals surface area (Å²) in [5, 5.41) is 3.17. The highest BCUT2D eigenvalue weighted by Crippen LogP contribution is 2.25. The minimum atomic E-state index is -0.231. The van der Waals surface area contributed by atoms with Crippen LogP contribution in [0.15, 0.2) is 29.3 Å². The van der Waals surface area contributed by atoms with E-state index in [1.54, 1.807) is 12.1 Å². The van der Waals surface area contributed by atoms with Gasteiger partial charge >= 0.3 is 0 Å². The van der Waals surface area contributed by atoms with E-state index in [1.165, 1.54) is 25.3 Å². The number of guanidine groups is 1. The van der Waals surface area contributed by atoms with Gasteiger partial charge in [0.1, 0.15) is 5.82 Å². The molecular formula is C16H25FIN3. The molecule has 1 saturated carbocycles. The van der Waals surface area contributed by atoms with Gasteiger partial charge in [0.25, 0.3) is 0 Å². The highest BCUT2D eigenvalue weighted by molar-refractivity contribution is 14.0. The van der Waals surface area contributed by atoms with Gasteiger partial charge in [-0.3, -0.25) is 4.99 Å². The topological polar surface area (TPSA) is 50.4 Å². The van der Waals surface area contributed by atoms with Gasteiger partial charge in [0.15, 0.2) is 5.96 Å². The Labute approximate surface area is 143 Å². The Hall–Kier alpha value is -0.850. The lowest BCUT2D eigenvalue weighted by Crippen LogP contribution is -2.38. The van der Waals surface area contributed by atoms with Crippen molar-refractivity contribution in [3.63, 3.8) is 0 Å². The summed E-state index contributed by atoms with van der Waals surface area (Å²) in [5.41, 5.74) is 6.59. The predicted molar refractivity (Wildman–Crippen MR) is 96.7 cm³/mol. The van der Waals surface area contributed by atoms with Gasteiger partial charge in [0.05, 0.1) is 6.54 Å². The summed E-state index contributed by atoms with van der Waals surface area (Å²) in [6.45, 7) is 5.55. The van der Waals surface area contributed by atoms with Gasteiger partial charge < -0.3 is 11.1 Å². The van der Waals surface area contributed by atoms with Crippen LogP contribution in [0.5, 0.6) is 0 Å². The summed E-state index contributed by atoms with van der Waals surface area (Å²) in [6, 6.07) is 6.68. The van der Waals surface area contributed by atoms with E-state index in [-0.39, 0.29) is 35.2 Å². The molecule has 0 saturated heterocycles. The molecule has 0 unspecified atom stereocenters. The second kappa shape index (κ2) is 7.96. The summed E-state index contributed by atoms with van der Waals surface area (Å²) in [5.74, 6) is 1.02. The van der Waals surface area contributed by atoms with E-state index in [0.717, 1.165) is 18.0 Å². The van der Waals surface area contributed by atoms with Crippen molar-refractivity contribution in [1.82, 2.24) is 5.32 Å². The van der Waals surface area contributed by atoms with Crippen LogP contribution in [0.1, 0.15) is 38.7 Å². The van der Waals surface area contributed by atoms with Gasteiger partial charge in [0.2, 0.25) is 0 Å². The first-order valence-electron chi connectivity index (χ1n) is 7.27. The lowest BCUT2D eigenvalue weighted by Gasteiger charge is -2.26. The second-order valence-electron chi connectivity index (χ2n) is 6.27. The molecule has 1 aliphatic rings. The largest absolute Gasteiger partial charge is 0.370 e. The zero-order chi connectivity index (χ0) is 14.6. The third kappa shape index (κ3) is 5.45. The predicted octanol–water partition coefficient (Wildman–Crippen LogP) is 3.43. The molecule has 21 heavy (non-hydrogen) atoms. The van der Waals surface area contributed by atoms with Crippen LogP contribution < -0.4 is 11.1 Å². The first kappa shape index (κ1) is 18.2.